The summed E-state index contributed by atoms with van der Waals surface area (Å²) in [6.07, 6.45) is 2.79. The molecular weight excluding hydrogens is 220 g/mol. The van der Waals surface area contributed by atoms with Gasteiger partial charge in [-0.3, -0.25) is 14.6 Å². The molecule has 2 aromatic heterocycles. The van der Waals surface area contributed by atoms with Gasteiger partial charge >= 0.3 is 0 Å². The minimum absolute atomic E-state index is 0.655. The van der Waals surface area contributed by atoms with Crippen molar-refractivity contribution in [3.8, 4) is 11.5 Å². The third kappa shape index (κ3) is 1.90. The molecule has 0 spiro atoms. The van der Waals surface area contributed by atoms with Gasteiger partial charge in [-0.25, -0.2) is 0 Å². The van der Waals surface area contributed by atoms with Crippen LogP contribution in [0, 0.1) is 11.7 Å². The number of H-pyrrole nitrogens is 1. The largest absolute Gasteiger partial charge is 0.299 e. The van der Waals surface area contributed by atoms with Crippen LogP contribution in [0.1, 0.15) is 18.9 Å². The Kier molecular flexibility index (Phi) is 3.14. The number of nitrogens with one attached hydrogen (secondary N) is 1. The van der Waals surface area contributed by atoms with Crippen LogP contribution in [0.15, 0.2) is 18.3 Å². The number of rotatable bonds is 3. The maximum atomic E-state index is 5.20. The Morgan fingerprint density at radius 1 is 1.50 bits per heavy atom. The molecule has 5 heteroatoms. The van der Waals surface area contributed by atoms with Crippen molar-refractivity contribution in [1.82, 2.24) is 19.7 Å². The maximum absolute atomic E-state index is 5.20. The fourth-order valence-corrected chi connectivity index (χ4v) is 1.87. The highest BCUT2D eigenvalue weighted by Crippen LogP contribution is 2.18. The summed E-state index contributed by atoms with van der Waals surface area (Å²) in [4.78, 5) is 4.36. The zero-order valence-corrected chi connectivity index (χ0v) is 10.2. The fraction of sp³-hybridized carbons (Fsp3) is 0.364. The Labute approximate surface area is 99.4 Å². The average Bonchev–Trinajstić information content (AvgIpc) is 2.62. The highest BCUT2D eigenvalue weighted by molar-refractivity contribution is 7.71. The molecule has 0 aliphatic rings. The van der Waals surface area contributed by atoms with Gasteiger partial charge in [0.25, 0.3) is 0 Å². The van der Waals surface area contributed by atoms with Crippen molar-refractivity contribution in [2.45, 2.75) is 26.8 Å². The topological polar surface area (TPSA) is 46.5 Å². The summed E-state index contributed by atoms with van der Waals surface area (Å²) in [6, 6.07) is 3.95. The minimum Gasteiger partial charge on any atom is -0.299 e. The zero-order chi connectivity index (χ0) is 11.5. The number of pyridine rings is 1. The van der Waals surface area contributed by atoms with Crippen molar-refractivity contribution in [2.24, 2.45) is 0 Å². The van der Waals surface area contributed by atoms with Gasteiger partial charge in [-0.05, 0) is 37.2 Å². The standard InChI is InChI=1S/C11H14N4S/c1-3-7-15-10(13-14-11(15)16)9-8(2)5-4-6-12-9/h4-6H,3,7H2,1-2H3,(H,14,16). The van der Waals surface area contributed by atoms with Crippen LogP contribution in [0.25, 0.3) is 11.5 Å². The lowest BCUT2D eigenvalue weighted by molar-refractivity contribution is 0.673. The van der Waals surface area contributed by atoms with Gasteiger partial charge < -0.3 is 0 Å². The first kappa shape index (κ1) is 11.0. The molecule has 0 aliphatic carbocycles. The van der Waals surface area contributed by atoms with Gasteiger partial charge in [-0.1, -0.05) is 13.0 Å². The summed E-state index contributed by atoms with van der Waals surface area (Å²) in [5, 5.41) is 7.07. The molecule has 0 atom stereocenters. The monoisotopic (exact) mass is 234 g/mol. The summed E-state index contributed by atoms with van der Waals surface area (Å²) in [5.74, 6) is 0.824. The quantitative estimate of drug-likeness (QED) is 0.831. The number of nitrogens with zero attached hydrogens (tertiary/aromatic N) is 3. The van der Waals surface area contributed by atoms with Gasteiger partial charge in [0.2, 0.25) is 0 Å². The lowest BCUT2D eigenvalue weighted by Crippen LogP contribution is -2.02. The summed E-state index contributed by atoms with van der Waals surface area (Å²) in [5.41, 5.74) is 2.00. The molecule has 2 rings (SSSR count). The van der Waals surface area contributed by atoms with E-state index in [0.29, 0.717) is 4.77 Å². The molecular formula is C11H14N4S. The van der Waals surface area contributed by atoms with Crippen LogP contribution in [0.3, 0.4) is 0 Å². The second kappa shape index (κ2) is 4.57. The van der Waals surface area contributed by atoms with Crippen LogP contribution in [-0.2, 0) is 6.54 Å². The maximum Gasteiger partial charge on any atom is 0.195 e. The molecule has 16 heavy (non-hydrogen) atoms. The van der Waals surface area contributed by atoms with Crippen LogP contribution in [0.4, 0.5) is 0 Å². The van der Waals surface area contributed by atoms with E-state index >= 15 is 0 Å². The minimum atomic E-state index is 0.655. The molecule has 0 aromatic carbocycles. The first-order valence-corrected chi connectivity index (χ1v) is 5.72. The predicted molar refractivity (Wildman–Crippen MR) is 65.7 cm³/mol. The van der Waals surface area contributed by atoms with E-state index in [4.69, 9.17) is 12.2 Å². The highest BCUT2D eigenvalue weighted by Gasteiger charge is 2.11. The average molecular weight is 234 g/mol. The highest BCUT2D eigenvalue weighted by atomic mass is 32.1. The van der Waals surface area contributed by atoms with E-state index in [-0.39, 0.29) is 0 Å². The molecule has 1 N–H and O–H groups in total. The normalized spacial score (nSPS) is 10.6. The lowest BCUT2D eigenvalue weighted by atomic mass is 10.2. The molecule has 0 amide bonds. The third-order valence-corrected chi connectivity index (χ3v) is 2.74. The van der Waals surface area contributed by atoms with E-state index in [1.807, 2.05) is 23.6 Å². The van der Waals surface area contributed by atoms with Crippen LogP contribution in [-0.4, -0.2) is 19.7 Å². The van der Waals surface area contributed by atoms with E-state index < -0.39 is 0 Å². The smallest absolute Gasteiger partial charge is 0.195 e. The van der Waals surface area contributed by atoms with E-state index in [0.717, 1.165) is 30.0 Å². The molecule has 0 unspecified atom stereocenters. The number of aromatic amines is 1. The van der Waals surface area contributed by atoms with Gasteiger partial charge in [0.15, 0.2) is 10.6 Å². The van der Waals surface area contributed by atoms with Gasteiger partial charge in [-0.15, -0.1) is 0 Å². The molecule has 0 aliphatic heterocycles. The summed E-state index contributed by atoms with van der Waals surface area (Å²) < 4.78 is 2.65. The van der Waals surface area contributed by atoms with Gasteiger partial charge in [0.05, 0.1) is 0 Å². The summed E-state index contributed by atoms with van der Waals surface area (Å²) in [6.45, 7) is 5.00. The molecule has 84 valence electrons. The summed E-state index contributed by atoms with van der Waals surface area (Å²) in [7, 11) is 0. The first-order chi connectivity index (χ1) is 7.74. The van der Waals surface area contributed by atoms with Gasteiger partial charge in [0, 0.05) is 12.7 Å². The lowest BCUT2D eigenvalue weighted by Gasteiger charge is -2.06. The van der Waals surface area contributed by atoms with Crippen LogP contribution >= 0.6 is 12.2 Å². The fourth-order valence-electron chi connectivity index (χ4n) is 1.65. The number of hydrogen-bond donors (Lipinski definition) is 1. The van der Waals surface area contributed by atoms with E-state index in [9.17, 15) is 0 Å². The van der Waals surface area contributed by atoms with Crippen LogP contribution in [0.2, 0.25) is 0 Å². The first-order valence-electron chi connectivity index (χ1n) is 5.31. The van der Waals surface area contributed by atoms with Gasteiger partial charge in [0.1, 0.15) is 5.69 Å². The molecule has 4 nitrogen and oxygen atoms in total. The number of hydrogen-bond acceptors (Lipinski definition) is 3. The predicted octanol–water partition coefficient (Wildman–Crippen LogP) is 2.72. The molecule has 2 aromatic rings. The molecule has 0 fully saturated rings. The van der Waals surface area contributed by atoms with Crippen molar-refractivity contribution in [3.05, 3.63) is 28.7 Å². The SMILES string of the molecule is CCCn1c(-c2ncccc2C)n[nH]c1=S. The Morgan fingerprint density at radius 3 is 3.00 bits per heavy atom. The number of aryl methyl sites for hydroxylation is 1. The Bertz CT molecular complexity index is 541. The van der Waals surface area contributed by atoms with Crippen molar-refractivity contribution in [2.75, 3.05) is 0 Å². The van der Waals surface area contributed by atoms with Crippen LogP contribution in [0.5, 0.6) is 0 Å². The second-order valence-corrected chi connectivity index (χ2v) is 4.06. The Morgan fingerprint density at radius 2 is 2.31 bits per heavy atom. The van der Waals surface area contributed by atoms with Gasteiger partial charge in [-0.2, -0.15) is 5.10 Å². The second-order valence-electron chi connectivity index (χ2n) is 3.67. The Hall–Kier alpha value is -1.49. The molecule has 2 heterocycles. The Balaban J connectivity index is 2.56. The summed E-state index contributed by atoms with van der Waals surface area (Å²) >= 11 is 5.20. The van der Waals surface area contributed by atoms with Crippen molar-refractivity contribution in [1.29, 1.82) is 0 Å². The molecule has 0 saturated carbocycles. The number of aromatic nitrogens is 4. The van der Waals surface area contributed by atoms with Crippen LogP contribution < -0.4 is 0 Å². The van der Waals surface area contributed by atoms with E-state index in [2.05, 4.69) is 22.1 Å². The van der Waals surface area contributed by atoms with E-state index in [1.165, 1.54) is 0 Å². The van der Waals surface area contributed by atoms with Crippen molar-refractivity contribution < 1.29 is 0 Å². The third-order valence-electron chi connectivity index (χ3n) is 2.43. The zero-order valence-electron chi connectivity index (χ0n) is 9.40. The molecule has 0 bridgehead atoms. The van der Waals surface area contributed by atoms with Crippen molar-refractivity contribution >= 4 is 12.2 Å². The van der Waals surface area contributed by atoms with Crippen molar-refractivity contribution in [3.63, 3.8) is 0 Å². The molecule has 0 saturated heterocycles. The van der Waals surface area contributed by atoms with E-state index in [1.54, 1.807) is 6.20 Å². The molecule has 0 radical (unpaired) electrons.